The molecule has 0 bridgehead atoms. The van der Waals surface area contributed by atoms with Gasteiger partial charge in [0.15, 0.2) is 0 Å². The third-order valence-corrected chi connectivity index (χ3v) is 5.25. The van der Waals surface area contributed by atoms with E-state index in [2.05, 4.69) is 17.6 Å². The van der Waals surface area contributed by atoms with Crippen molar-refractivity contribution in [2.45, 2.75) is 64.8 Å². The van der Waals surface area contributed by atoms with E-state index in [9.17, 15) is 9.59 Å². The van der Waals surface area contributed by atoms with Crippen LogP contribution in [-0.2, 0) is 9.59 Å². The van der Waals surface area contributed by atoms with Gasteiger partial charge >= 0.3 is 0 Å². The van der Waals surface area contributed by atoms with Crippen LogP contribution in [0.1, 0.15) is 58.8 Å². The summed E-state index contributed by atoms with van der Waals surface area (Å²) in [6.07, 6.45) is 6.52. The van der Waals surface area contributed by atoms with E-state index in [1.54, 1.807) is 0 Å². The lowest BCUT2D eigenvalue weighted by Gasteiger charge is -2.35. The summed E-state index contributed by atoms with van der Waals surface area (Å²) in [5, 5.41) is 6.52. The zero-order valence-corrected chi connectivity index (χ0v) is 16.0. The predicted octanol–water partition coefficient (Wildman–Crippen LogP) is 2.34. The standard InChI is InChI=1S/C18H33N3O2.ClH/c1-3-6-17(22)20-16-8-5-10-21(13-16)18(23)11-14(2)15-7-4-9-19-12-15;/h14-16,19H,3-13H2,1-2H3,(H,20,22);1H. The Balaban J connectivity index is 0.00000288. The molecule has 2 fully saturated rings. The van der Waals surface area contributed by atoms with Gasteiger partial charge in [0, 0.05) is 32.0 Å². The normalized spacial score (nSPS) is 25.5. The first-order chi connectivity index (χ1) is 11.1. The molecule has 2 aliphatic rings. The first-order valence-electron chi connectivity index (χ1n) is 9.38. The highest BCUT2D eigenvalue weighted by Gasteiger charge is 2.28. The van der Waals surface area contributed by atoms with Gasteiger partial charge in [-0.2, -0.15) is 0 Å². The average molecular weight is 360 g/mol. The molecule has 0 saturated carbocycles. The molecular formula is C18H34ClN3O2. The summed E-state index contributed by atoms with van der Waals surface area (Å²) in [5.41, 5.74) is 0. The second-order valence-corrected chi connectivity index (χ2v) is 7.28. The van der Waals surface area contributed by atoms with Crippen LogP contribution in [0.4, 0.5) is 0 Å². The lowest BCUT2D eigenvalue weighted by molar-refractivity contribution is -0.134. The molecule has 2 aliphatic heterocycles. The van der Waals surface area contributed by atoms with Crippen molar-refractivity contribution in [3.8, 4) is 0 Å². The molecule has 3 unspecified atom stereocenters. The molecule has 0 aromatic rings. The molecule has 5 nitrogen and oxygen atoms in total. The van der Waals surface area contributed by atoms with Gasteiger partial charge < -0.3 is 15.5 Å². The summed E-state index contributed by atoms with van der Waals surface area (Å²) in [6, 6.07) is 0.137. The highest BCUT2D eigenvalue weighted by atomic mass is 35.5. The van der Waals surface area contributed by atoms with E-state index < -0.39 is 0 Å². The Morgan fingerprint density at radius 3 is 2.75 bits per heavy atom. The van der Waals surface area contributed by atoms with Gasteiger partial charge in [-0.1, -0.05) is 13.8 Å². The molecule has 0 aromatic heterocycles. The van der Waals surface area contributed by atoms with E-state index in [1.807, 2.05) is 11.8 Å². The number of halogens is 1. The van der Waals surface area contributed by atoms with Gasteiger partial charge in [-0.05, 0) is 57.0 Å². The third-order valence-electron chi connectivity index (χ3n) is 5.25. The van der Waals surface area contributed by atoms with Crippen LogP contribution < -0.4 is 10.6 Å². The van der Waals surface area contributed by atoms with Crippen LogP contribution in [0.25, 0.3) is 0 Å². The van der Waals surface area contributed by atoms with E-state index in [0.717, 1.165) is 38.9 Å². The molecule has 0 spiro atoms. The zero-order valence-electron chi connectivity index (χ0n) is 15.2. The smallest absolute Gasteiger partial charge is 0.222 e. The van der Waals surface area contributed by atoms with Crippen LogP contribution in [0, 0.1) is 11.8 Å². The highest BCUT2D eigenvalue weighted by molar-refractivity contribution is 5.85. The van der Waals surface area contributed by atoms with E-state index in [1.165, 1.54) is 12.8 Å². The molecular weight excluding hydrogens is 326 g/mol. The Hall–Kier alpha value is -0.810. The maximum atomic E-state index is 12.6. The fraction of sp³-hybridized carbons (Fsp3) is 0.889. The topological polar surface area (TPSA) is 61.4 Å². The minimum atomic E-state index is 0. The average Bonchev–Trinajstić information content (AvgIpc) is 2.56. The Morgan fingerprint density at radius 2 is 2.08 bits per heavy atom. The molecule has 0 radical (unpaired) electrons. The number of piperidine rings is 2. The first kappa shape index (κ1) is 21.2. The van der Waals surface area contributed by atoms with Crippen molar-refractivity contribution in [1.82, 2.24) is 15.5 Å². The summed E-state index contributed by atoms with van der Waals surface area (Å²) in [6.45, 7) is 7.91. The van der Waals surface area contributed by atoms with Crippen LogP contribution in [0.5, 0.6) is 0 Å². The number of carbonyl (C=O) groups excluding carboxylic acids is 2. The lowest BCUT2D eigenvalue weighted by Crippen LogP contribution is -2.50. The zero-order chi connectivity index (χ0) is 16.7. The van der Waals surface area contributed by atoms with Crippen molar-refractivity contribution in [2.75, 3.05) is 26.2 Å². The largest absolute Gasteiger partial charge is 0.352 e. The number of hydrogen-bond donors (Lipinski definition) is 2. The highest BCUT2D eigenvalue weighted by Crippen LogP contribution is 2.24. The SMILES string of the molecule is CCCC(=O)NC1CCCN(C(=O)CC(C)C2CCCNC2)C1.Cl. The van der Waals surface area contributed by atoms with Gasteiger partial charge in [-0.3, -0.25) is 9.59 Å². The van der Waals surface area contributed by atoms with Gasteiger partial charge in [0.2, 0.25) is 11.8 Å². The number of hydrogen-bond acceptors (Lipinski definition) is 3. The fourth-order valence-electron chi connectivity index (χ4n) is 3.78. The van der Waals surface area contributed by atoms with Crippen LogP contribution in [-0.4, -0.2) is 48.9 Å². The molecule has 2 heterocycles. The Labute approximate surface area is 152 Å². The van der Waals surface area contributed by atoms with E-state index in [4.69, 9.17) is 0 Å². The van der Waals surface area contributed by atoms with Crippen molar-refractivity contribution in [1.29, 1.82) is 0 Å². The molecule has 24 heavy (non-hydrogen) atoms. The molecule has 2 amide bonds. The molecule has 2 rings (SSSR count). The lowest BCUT2D eigenvalue weighted by atomic mass is 9.85. The van der Waals surface area contributed by atoms with Crippen LogP contribution in [0.15, 0.2) is 0 Å². The number of carbonyl (C=O) groups is 2. The minimum Gasteiger partial charge on any atom is -0.352 e. The number of nitrogens with zero attached hydrogens (tertiary/aromatic N) is 1. The van der Waals surface area contributed by atoms with E-state index >= 15 is 0 Å². The second-order valence-electron chi connectivity index (χ2n) is 7.28. The minimum absolute atomic E-state index is 0. The van der Waals surface area contributed by atoms with Crippen molar-refractivity contribution in [2.24, 2.45) is 11.8 Å². The van der Waals surface area contributed by atoms with Gasteiger partial charge in [0.05, 0.1) is 0 Å². The Morgan fingerprint density at radius 1 is 1.29 bits per heavy atom. The van der Waals surface area contributed by atoms with Crippen LogP contribution >= 0.6 is 12.4 Å². The van der Waals surface area contributed by atoms with Gasteiger partial charge in [-0.25, -0.2) is 0 Å². The van der Waals surface area contributed by atoms with Crippen molar-refractivity contribution >= 4 is 24.2 Å². The van der Waals surface area contributed by atoms with Crippen LogP contribution in [0.3, 0.4) is 0 Å². The second kappa shape index (κ2) is 10.9. The maximum Gasteiger partial charge on any atom is 0.222 e. The summed E-state index contributed by atoms with van der Waals surface area (Å²) < 4.78 is 0. The predicted molar refractivity (Wildman–Crippen MR) is 99.3 cm³/mol. The van der Waals surface area contributed by atoms with Gasteiger partial charge in [0.25, 0.3) is 0 Å². The molecule has 0 aliphatic carbocycles. The Bertz CT molecular complexity index is 400. The van der Waals surface area contributed by atoms with Crippen molar-refractivity contribution in [3.05, 3.63) is 0 Å². The molecule has 3 atom stereocenters. The molecule has 2 saturated heterocycles. The Kier molecular flexibility index (Phi) is 9.67. The summed E-state index contributed by atoms with van der Waals surface area (Å²) >= 11 is 0. The summed E-state index contributed by atoms with van der Waals surface area (Å²) in [7, 11) is 0. The number of likely N-dealkylation sites (tertiary alicyclic amines) is 1. The quantitative estimate of drug-likeness (QED) is 0.765. The fourth-order valence-corrected chi connectivity index (χ4v) is 3.78. The number of nitrogens with one attached hydrogen (secondary N) is 2. The molecule has 2 N–H and O–H groups in total. The first-order valence-corrected chi connectivity index (χ1v) is 9.38. The molecule has 140 valence electrons. The number of amides is 2. The summed E-state index contributed by atoms with van der Waals surface area (Å²) in [4.78, 5) is 26.3. The maximum absolute atomic E-state index is 12.6. The monoisotopic (exact) mass is 359 g/mol. The van der Waals surface area contributed by atoms with Crippen molar-refractivity contribution in [3.63, 3.8) is 0 Å². The molecule has 6 heteroatoms. The van der Waals surface area contributed by atoms with Gasteiger partial charge in [0.1, 0.15) is 0 Å². The van der Waals surface area contributed by atoms with Crippen LogP contribution in [0.2, 0.25) is 0 Å². The van der Waals surface area contributed by atoms with Crippen molar-refractivity contribution < 1.29 is 9.59 Å². The van der Waals surface area contributed by atoms with E-state index in [-0.39, 0.29) is 30.3 Å². The third kappa shape index (κ3) is 6.60. The number of rotatable bonds is 6. The molecule has 0 aromatic carbocycles. The van der Waals surface area contributed by atoms with E-state index in [0.29, 0.717) is 31.2 Å². The van der Waals surface area contributed by atoms with Gasteiger partial charge in [-0.15, -0.1) is 12.4 Å². The summed E-state index contributed by atoms with van der Waals surface area (Å²) in [5.74, 6) is 1.44.